The molecule has 1 amide bonds. The summed E-state index contributed by atoms with van der Waals surface area (Å²) >= 11 is 1.44. The Morgan fingerprint density at radius 3 is 2.69 bits per heavy atom. The highest BCUT2D eigenvalue weighted by atomic mass is 32.2. The van der Waals surface area contributed by atoms with Gasteiger partial charge in [0.1, 0.15) is 6.17 Å². The Kier molecular flexibility index (Phi) is 4.62. The number of pyridine rings is 1. The summed E-state index contributed by atoms with van der Waals surface area (Å²) in [5.74, 6) is -2.73. The van der Waals surface area contributed by atoms with Crippen LogP contribution in [0.1, 0.15) is 52.9 Å². The van der Waals surface area contributed by atoms with Gasteiger partial charge in [-0.2, -0.15) is 0 Å². The van der Waals surface area contributed by atoms with Crippen LogP contribution in [-0.4, -0.2) is 33.3 Å². The zero-order valence-corrected chi connectivity index (χ0v) is 20.1. The van der Waals surface area contributed by atoms with E-state index in [1.807, 2.05) is 24.3 Å². The molecule has 3 aliphatic heterocycles. The van der Waals surface area contributed by atoms with Crippen LogP contribution >= 0.6 is 11.8 Å². The van der Waals surface area contributed by atoms with Crippen LogP contribution in [0, 0.1) is 17.0 Å². The molecule has 1 saturated carbocycles. The van der Waals surface area contributed by atoms with Crippen LogP contribution in [-0.2, 0) is 12.2 Å². The summed E-state index contributed by atoms with van der Waals surface area (Å²) in [4.78, 5) is 29.2. The number of thioether (sulfide) groups is 1. The smallest absolute Gasteiger partial charge is 0.278 e. The zero-order chi connectivity index (χ0) is 24.8. The van der Waals surface area contributed by atoms with Gasteiger partial charge in [-0.1, -0.05) is 18.2 Å². The number of hydrogen-bond acceptors (Lipinski definition) is 5. The fraction of sp³-hybridized carbons (Fsp3) is 0.333. The number of carbonyl (C=O) groups is 1. The standard InChI is InChI=1S/C27H23F2N3O3S/c28-18-10-16(15-9-14-3-1-2-4-21(14)36-12-17(15)23(18)29)19-11-20(33)25(34)24-26(35)31-13-27(7-8-27)6-5-22(31)30-32(19)24/h1-4,10-11,22,30,34H,5-9,12-13H2/t22-/m0/s1. The molecule has 184 valence electrons. The maximum atomic E-state index is 15.1. The van der Waals surface area contributed by atoms with E-state index in [-0.39, 0.29) is 34.3 Å². The summed E-state index contributed by atoms with van der Waals surface area (Å²) in [5, 5.41) is 10.7. The number of nitrogens with zero attached hydrogens (tertiary/aromatic N) is 2. The van der Waals surface area contributed by atoms with E-state index in [9.17, 15) is 19.1 Å². The van der Waals surface area contributed by atoms with Crippen molar-refractivity contribution in [3.05, 3.63) is 80.6 Å². The number of halogens is 2. The number of hydrogen-bond donors (Lipinski definition) is 2. The highest BCUT2D eigenvalue weighted by Gasteiger charge is 2.51. The number of piperidine rings is 1. The summed E-state index contributed by atoms with van der Waals surface area (Å²) in [7, 11) is 0. The highest BCUT2D eigenvalue weighted by molar-refractivity contribution is 7.98. The van der Waals surface area contributed by atoms with E-state index in [2.05, 4.69) is 5.43 Å². The topological polar surface area (TPSA) is 74.6 Å². The fourth-order valence-corrected chi connectivity index (χ4v) is 7.03. The van der Waals surface area contributed by atoms with Crippen molar-refractivity contribution in [3.8, 4) is 17.0 Å². The first-order valence-corrected chi connectivity index (χ1v) is 13.1. The van der Waals surface area contributed by atoms with Gasteiger partial charge in [-0.15, -0.1) is 11.8 Å². The van der Waals surface area contributed by atoms with E-state index in [0.717, 1.165) is 42.2 Å². The SMILES string of the molecule is O=C1c2c(O)c(=O)cc(-c3cc(F)c(F)c4c3Cc3ccccc3SC4)n2N[C@@H]2CCC3(CC3)CN12. The average Bonchev–Trinajstić information content (AvgIpc) is 3.66. The van der Waals surface area contributed by atoms with Crippen molar-refractivity contribution in [2.75, 3.05) is 12.0 Å². The second-order valence-electron chi connectivity index (χ2n) is 10.3. The minimum Gasteiger partial charge on any atom is -0.502 e. The third-order valence-corrected chi connectivity index (χ3v) is 9.28. The lowest BCUT2D eigenvalue weighted by atomic mass is 9.91. The van der Waals surface area contributed by atoms with Crippen LogP contribution < -0.4 is 10.9 Å². The van der Waals surface area contributed by atoms with Crippen LogP contribution in [0.3, 0.4) is 0 Å². The summed E-state index contributed by atoms with van der Waals surface area (Å²) in [6, 6.07) is 10.0. The van der Waals surface area contributed by atoms with Gasteiger partial charge >= 0.3 is 0 Å². The molecule has 0 radical (unpaired) electrons. The Morgan fingerprint density at radius 2 is 1.89 bits per heavy atom. The molecule has 3 aromatic rings. The Labute approximate surface area is 209 Å². The van der Waals surface area contributed by atoms with Gasteiger partial charge in [-0.25, -0.2) is 13.5 Å². The largest absolute Gasteiger partial charge is 0.502 e. The Bertz CT molecular complexity index is 1530. The van der Waals surface area contributed by atoms with Crippen molar-refractivity contribution in [1.29, 1.82) is 0 Å². The molecule has 6 nitrogen and oxygen atoms in total. The Balaban J connectivity index is 1.44. The molecule has 4 aliphatic rings. The molecule has 7 rings (SSSR count). The van der Waals surface area contributed by atoms with Gasteiger partial charge in [0.05, 0.1) is 5.69 Å². The van der Waals surface area contributed by atoms with Crippen molar-refractivity contribution >= 4 is 17.7 Å². The highest BCUT2D eigenvalue weighted by Crippen LogP contribution is 2.53. The number of carbonyl (C=O) groups excluding carboxylic acids is 1. The van der Waals surface area contributed by atoms with Gasteiger partial charge in [0.25, 0.3) is 5.91 Å². The lowest BCUT2D eigenvalue weighted by Gasteiger charge is -2.45. The second-order valence-corrected chi connectivity index (χ2v) is 11.3. The predicted octanol–water partition coefficient (Wildman–Crippen LogP) is 4.60. The molecule has 2 aromatic carbocycles. The molecule has 2 N–H and O–H groups in total. The van der Waals surface area contributed by atoms with Gasteiger partial charge in [-0.05, 0) is 60.8 Å². The van der Waals surface area contributed by atoms with Gasteiger partial charge in [0.2, 0.25) is 5.43 Å². The van der Waals surface area contributed by atoms with E-state index >= 15 is 4.39 Å². The molecular weight excluding hydrogens is 484 g/mol. The zero-order valence-electron chi connectivity index (χ0n) is 19.3. The van der Waals surface area contributed by atoms with Crippen LogP contribution in [0.5, 0.6) is 5.75 Å². The number of rotatable bonds is 1. The monoisotopic (exact) mass is 507 g/mol. The molecule has 1 saturated heterocycles. The molecule has 9 heteroatoms. The summed E-state index contributed by atoms with van der Waals surface area (Å²) in [6.07, 6.45) is 3.90. The van der Waals surface area contributed by atoms with Crippen LogP contribution in [0.2, 0.25) is 0 Å². The maximum Gasteiger partial charge on any atom is 0.278 e. The predicted molar refractivity (Wildman–Crippen MR) is 132 cm³/mol. The fourth-order valence-electron chi connectivity index (χ4n) is 5.92. The summed E-state index contributed by atoms with van der Waals surface area (Å²) < 4.78 is 31.4. The molecule has 0 unspecified atom stereocenters. The van der Waals surface area contributed by atoms with Crippen molar-refractivity contribution in [3.63, 3.8) is 0 Å². The van der Waals surface area contributed by atoms with Gasteiger partial charge in [-0.3, -0.25) is 9.59 Å². The first kappa shape index (κ1) is 21.9. The molecule has 4 heterocycles. The van der Waals surface area contributed by atoms with Crippen LogP contribution in [0.25, 0.3) is 11.3 Å². The molecule has 1 aliphatic carbocycles. The number of aromatic hydroxyl groups is 1. The quantitative estimate of drug-likeness (QED) is 0.504. The van der Waals surface area contributed by atoms with Crippen molar-refractivity contribution < 1.29 is 18.7 Å². The van der Waals surface area contributed by atoms with Crippen molar-refractivity contribution in [2.24, 2.45) is 5.41 Å². The van der Waals surface area contributed by atoms with E-state index < -0.39 is 28.7 Å². The summed E-state index contributed by atoms with van der Waals surface area (Å²) in [5.41, 5.74) is 4.94. The van der Waals surface area contributed by atoms with E-state index in [1.54, 1.807) is 4.90 Å². The molecule has 0 bridgehead atoms. The van der Waals surface area contributed by atoms with Gasteiger partial charge in [0, 0.05) is 34.4 Å². The normalized spacial score (nSPS) is 21.1. The third-order valence-electron chi connectivity index (χ3n) is 8.14. The van der Waals surface area contributed by atoms with Gasteiger partial charge < -0.3 is 15.4 Å². The molecule has 1 atom stereocenters. The van der Waals surface area contributed by atoms with Crippen molar-refractivity contribution in [2.45, 2.75) is 48.9 Å². The number of aromatic nitrogens is 1. The van der Waals surface area contributed by atoms with E-state index in [4.69, 9.17) is 0 Å². The Hall–Kier alpha value is -3.33. The van der Waals surface area contributed by atoms with Crippen molar-refractivity contribution in [1.82, 2.24) is 9.58 Å². The molecule has 1 spiro atoms. The second kappa shape index (κ2) is 7.59. The third kappa shape index (κ3) is 3.14. The minimum absolute atomic E-state index is 0.145. The van der Waals surface area contributed by atoms with Gasteiger partial charge in [0.15, 0.2) is 23.1 Å². The van der Waals surface area contributed by atoms with Crippen LogP contribution in [0.4, 0.5) is 8.78 Å². The average molecular weight is 508 g/mol. The number of benzene rings is 2. The van der Waals surface area contributed by atoms with E-state index in [1.165, 1.54) is 22.5 Å². The number of amides is 1. The minimum atomic E-state index is -1.01. The van der Waals surface area contributed by atoms with Crippen LogP contribution in [0.15, 0.2) is 46.1 Å². The number of nitrogens with one attached hydrogen (secondary N) is 1. The van der Waals surface area contributed by atoms with E-state index in [0.29, 0.717) is 24.1 Å². The molecule has 2 fully saturated rings. The molecule has 1 aromatic heterocycles. The maximum absolute atomic E-state index is 15.1. The lowest BCUT2D eigenvalue weighted by Crippen LogP contribution is -2.58. The summed E-state index contributed by atoms with van der Waals surface area (Å²) in [6.45, 7) is 0.579. The first-order valence-electron chi connectivity index (χ1n) is 12.1. The lowest BCUT2D eigenvalue weighted by molar-refractivity contribution is 0.0460. The first-order chi connectivity index (χ1) is 17.3. The molecule has 36 heavy (non-hydrogen) atoms. The number of fused-ring (bicyclic) bond motifs is 4. The Morgan fingerprint density at radius 1 is 1.08 bits per heavy atom. The molecular formula is C27H23F2N3O3S.